The van der Waals surface area contributed by atoms with Crippen LogP contribution in [-0.2, 0) is 22.8 Å². The molecule has 2 aliphatic rings. The van der Waals surface area contributed by atoms with Crippen molar-refractivity contribution in [2.24, 2.45) is 4.36 Å². The molecular weight excluding hydrogens is 551 g/mol. The van der Waals surface area contributed by atoms with E-state index in [1.165, 1.54) is 23.3 Å². The number of hydrogen-bond acceptors (Lipinski definition) is 5. The van der Waals surface area contributed by atoms with Gasteiger partial charge in [-0.15, -0.1) is 13.2 Å². The molecule has 1 aliphatic carbocycles. The first-order valence-corrected chi connectivity index (χ1v) is 15.7. The summed E-state index contributed by atoms with van der Waals surface area (Å²) < 4.78 is 64.1. The zero-order valence-electron chi connectivity index (χ0n) is 23.0. The smallest absolute Gasteiger partial charge is 0.406 e. The summed E-state index contributed by atoms with van der Waals surface area (Å²) in [6.45, 7) is 2.21. The van der Waals surface area contributed by atoms with Crippen molar-refractivity contribution in [1.82, 2.24) is 4.72 Å². The number of anilines is 2. The molecule has 0 aromatic heterocycles. The van der Waals surface area contributed by atoms with Crippen LogP contribution in [-0.4, -0.2) is 40.4 Å². The number of halogens is 3. The number of nitrogens with zero attached hydrogens (tertiary/aromatic N) is 2. The fourth-order valence-corrected chi connectivity index (χ4v) is 7.81. The summed E-state index contributed by atoms with van der Waals surface area (Å²) in [7, 11) is -3.26. The van der Waals surface area contributed by atoms with Gasteiger partial charge in [0.25, 0.3) is 0 Å². The molecule has 220 valence electrons. The van der Waals surface area contributed by atoms with E-state index < -0.39 is 34.2 Å². The van der Waals surface area contributed by atoms with Crippen molar-refractivity contribution < 1.29 is 27.2 Å². The van der Waals surface area contributed by atoms with Gasteiger partial charge >= 0.3 is 6.36 Å². The third kappa shape index (κ3) is 6.71. The quantitative estimate of drug-likeness (QED) is 0.294. The Balaban J connectivity index is 1.49. The maximum Gasteiger partial charge on any atom is 0.573 e. The monoisotopic (exact) mass is 587 g/mol. The number of benzene rings is 3. The molecule has 4 atom stereocenters. The molecule has 3 aromatic rings. The van der Waals surface area contributed by atoms with Gasteiger partial charge in [-0.25, -0.2) is 13.3 Å². The zero-order chi connectivity index (χ0) is 29.0. The lowest BCUT2D eigenvalue weighted by atomic mass is 9.98. The van der Waals surface area contributed by atoms with E-state index >= 15 is 0 Å². The van der Waals surface area contributed by atoms with E-state index in [4.69, 9.17) is 0 Å². The van der Waals surface area contributed by atoms with Crippen molar-refractivity contribution >= 4 is 21.3 Å². The number of aliphatic hydroxyl groups is 1. The molecule has 10 heteroatoms. The minimum atomic E-state index is -4.82. The lowest BCUT2D eigenvalue weighted by molar-refractivity contribution is -0.274. The number of fused-ring (bicyclic) bond motifs is 2. The topological polar surface area (TPSA) is 74.2 Å². The van der Waals surface area contributed by atoms with Crippen LogP contribution in [0.25, 0.3) is 0 Å². The normalized spacial score (nSPS) is 22.5. The van der Waals surface area contributed by atoms with Crippen LogP contribution >= 0.6 is 0 Å². The van der Waals surface area contributed by atoms with E-state index in [0.717, 1.165) is 55.6 Å². The van der Waals surface area contributed by atoms with E-state index in [1.54, 1.807) is 0 Å². The molecule has 41 heavy (non-hydrogen) atoms. The highest BCUT2D eigenvalue weighted by Crippen LogP contribution is 2.41. The molecule has 0 radical (unpaired) electrons. The van der Waals surface area contributed by atoms with E-state index in [9.17, 15) is 22.5 Å². The van der Waals surface area contributed by atoms with Crippen LogP contribution in [0.1, 0.15) is 50.2 Å². The molecule has 3 aromatic carbocycles. The van der Waals surface area contributed by atoms with Gasteiger partial charge in [-0.1, -0.05) is 56.2 Å². The highest BCUT2D eigenvalue weighted by molar-refractivity contribution is 7.91. The molecule has 1 heterocycles. The Morgan fingerprint density at radius 1 is 0.951 bits per heavy atom. The van der Waals surface area contributed by atoms with Crippen LogP contribution < -0.4 is 14.4 Å². The Labute approximate surface area is 239 Å². The third-order valence-electron chi connectivity index (χ3n) is 7.75. The Kier molecular flexibility index (Phi) is 8.91. The maximum absolute atomic E-state index is 14.3. The van der Waals surface area contributed by atoms with Gasteiger partial charge in [0.15, 0.2) is 0 Å². The van der Waals surface area contributed by atoms with Crippen molar-refractivity contribution in [3.05, 3.63) is 83.9 Å². The average Bonchev–Trinajstić information content (AvgIpc) is 3.23. The molecule has 5 rings (SSSR count). The number of rotatable bonds is 7. The minimum Gasteiger partial charge on any atom is -0.406 e. The van der Waals surface area contributed by atoms with Gasteiger partial charge in [0, 0.05) is 24.0 Å². The van der Waals surface area contributed by atoms with Crippen LogP contribution in [0.2, 0.25) is 0 Å². The zero-order valence-corrected chi connectivity index (χ0v) is 23.8. The first kappa shape index (κ1) is 29.4. The summed E-state index contributed by atoms with van der Waals surface area (Å²) in [5.41, 5.74) is 4.57. The van der Waals surface area contributed by atoms with E-state index in [2.05, 4.69) is 43.0 Å². The molecule has 6 nitrogen and oxygen atoms in total. The van der Waals surface area contributed by atoms with Crippen LogP contribution in [0.15, 0.2) is 82.1 Å². The Morgan fingerprint density at radius 3 is 2.12 bits per heavy atom. The maximum atomic E-state index is 14.3. The van der Waals surface area contributed by atoms with Crippen molar-refractivity contribution in [2.45, 2.75) is 81.3 Å². The van der Waals surface area contributed by atoms with Gasteiger partial charge in [-0.05, 0) is 79.6 Å². The number of nitrogens with one attached hydrogen (secondary N) is 1. The van der Waals surface area contributed by atoms with Crippen molar-refractivity contribution in [1.29, 1.82) is 0 Å². The summed E-state index contributed by atoms with van der Waals surface area (Å²) in [6.07, 6.45) is -0.230. The van der Waals surface area contributed by atoms with Crippen LogP contribution in [0, 0.1) is 0 Å². The standard InChI is InChI=1S/C31H36F3N3O3S/c1-2-21-35-41(39,25-19-17-24(18-20-25)40-31(32,33)34)36-26-11-5-8-14-29(30(26)38)37-27-12-6-3-9-22(27)15-16-23-10-4-7-13-28(23)37/h3-4,6-7,9-10,12-13,17-20,26,29-30,38H,2,5,8,11,14-16,21H2,1H3,(H,35,36,39)/t26-,29+,30+,41?/m1/s1. The fourth-order valence-electron chi connectivity index (χ4n) is 5.84. The van der Waals surface area contributed by atoms with Crippen molar-refractivity contribution in [2.75, 3.05) is 11.4 Å². The van der Waals surface area contributed by atoms with Crippen molar-refractivity contribution in [3.8, 4) is 5.75 Å². The molecule has 1 saturated carbocycles. The molecule has 2 N–H and O–H groups in total. The number of aryl methyl sites for hydroxylation is 2. The van der Waals surface area contributed by atoms with E-state index in [-0.39, 0.29) is 10.9 Å². The second-order valence-electron chi connectivity index (χ2n) is 10.6. The first-order valence-electron chi connectivity index (χ1n) is 14.2. The predicted octanol–water partition coefficient (Wildman–Crippen LogP) is 6.94. The van der Waals surface area contributed by atoms with Gasteiger partial charge in [-0.3, -0.25) is 0 Å². The lowest BCUT2D eigenvalue weighted by Crippen LogP contribution is -2.52. The lowest BCUT2D eigenvalue weighted by Gasteiger charge is -2.39. The predicted molar refractivity (Wildman–Crippen MR) is 155 cm³/mol. The number of para-hydroxylation sites is 2. The fraction of sp³-hybridized carbons (Fsp3) is 0.419. The number of aliphatic hydroxyl groups excluding tert-OH is 1. The molecule has 0 amide bonds. The summed E-state index contributed by atoms with van der Waals surface area (Å²) in [5.74, 6) is -0.397. The molecule has 1 unspecified atom stereocenters. The summed E-state index contributed by atoms with van der Waals surface area (Å²) in [4.78, 5) is 2.51. The van der Waals surface area contributed by atoms with Gasteiger partial charge < -0.3 is 14.7 Å². The minimum absolute atomic E-state index is 0.249. The third-order valence-corrected chi connectivity index (χ3v) is 9.83. The Bertz CT molecular complexity index is 1410. The summed E-state index contributed by atoms with van der Waals surface area (Å²) >= 11 is 0. The van der Waals surface area contributed by atoms with Gasteiger partial charge in [0.1, 0.15) is 15.7 Å². The van der Waals surface area contributed by atoms with E-state index in [0.29, 0.717) is 19.4 Å². The van der Waals surface area contributed by atoms with Crippen LogP contribution in [0.4, 0.5) is 24.5 Å². The number of hydrogen-bond donors (Lipinski definition) is 2. The highest BCUT2D eigenvalue weighted by Gasteiger charge is 2.38. The highest BCUT2D eigenvalue weighted by atomic mass is 32.2. The van der Waals surface area contributed by atoms with Crippen LogP contribution in [0.5, 0.6) is 5.75 Å². The molecule has 0 spiro atoms. The average molecular weight is 588 g/mol. The van der Waals surface area contributed by atoms with Gasteiger partial charge in [0.2, 0.25) is 0 Å². The largest absolute Gasteiger partial charge is 0.573 e. The van der Waals surface area contributed by atoms with E-state index in [1.807, 2.05) is 31.2 Å². The second-order valence-corrected chi connectivity index (χ2v) is 12.6. The summed E-state index contributed by atoms with van der Waals surface area (Å²) in [6, 6.07) is 20.7. The Hall–Kier alpha value is -3.08. The molecule has 0 bridgehead atoms. The first-order chi connectivity index (χ1) is 19.7. The summed E-state index contributed by atoms with van der Waals surface area (Å²) in [5, 5.41) is 12.0. The number of ether oxygens (including phenoxy) is 1. The molecule has 0 saturated heterocycles. The second kappa shape index (κ2) is 12.4. The SMILES string of the molecule is CCCN=S(=O)(N[C@@H]1CCCC[C@H](N2c3ccccc3CCc3ccccc32)[C@H]1O)c1ccc(OC(F)(F)F)cc1. The molecular formula is C31H36F3N3O3S. The Morgan fingerprint density at radius 2 is 1.54 bits per heavy atom. The van der Waals surface area contributed by atoms with Crippen molar-refractivity contribution in [3.63, 3.8) is 0 Å². The van der Waals surface area contributed by atoms with Crippen LogP contribution in [0.3, 0.4) is 0 Å². The van der Waals surface area contributed by atoms with Gasteiger partial charge in [0.05, 0.1) is 17.0 Å². The molecule has 1 aliphatic heterocycles. The van der Waals surface area contributed by atoms with Gasteiger partial charge in [-0.2, -0.15) is 0 Å². The number of alkyl halides is 3. The molecule has 1 fully saturated rings.